The van der Waals surface area contributed by atoms with E-state index in [-0.39, 0.29) is 12.1 Å². The lowest BCUT2D eigenvalue weighted by Gasteiger charge is -2.26. The number of nitriles is 2. The van der Waals surface area contributed by atoms with Crippen LogP contribution >= 0.6 is 11.3 Å². The number of hydrogen-bond donors (Lipinski definition) is 1. The number of pyridine rings is 1. The van der Waals surface area contributed by atoms with Crippen molar-refractivity contribution in [2.75, 3.05) is 13.1 Å². The van der Waals surface area contributed by atoms with Crippen LogP contribution in [0.2, 0.25) is 0 Å². The Morgan fingerprint density at radius 1 is 1.32 bits per heavy atom. The van der Waals surface area contributed by atoms with Crippen molar-refractivity contribution in [1.29, 1.82) is 10.5 Å². The average Bonchev–Trinajstić information content (AvgIpc) is 3.46. The lowest BCUT2D eigenvalue weighted by Crippen LogP contribution is -2.32. The molecule has 10 nitrogen and oxygen atoms in total. The van der Waals surface area contributed by atoms with Gasteiger partial charge in [-0.05, 0) is 39.7 Å². The van der Waals surface area contributed by atoms with E-state index in [4.69, 9.17) is 20.8 Å². The zero-order valence-electron chi connectivity index (χ0n) is 19.3. The summed E-state index contributed by atoms with van der Waals surface area (Å²) in [4.78, 5) is 12.1. The largest absolute Gasteiger partial charge is 0.481 e. The fourth-order valence-electron chi connectivity index (χ4n) is 3.99. The quantitative estimate of drug-likeness (QED) is 0.250. The van der Waals surface area contributed by atoms with Crippen molar-refractivity contribution >= 4 is 28.3 Å². The van der Waals surface area contributed by atoms with Crippen LogP contribution in [0.25, 0.3) is 5.52 Å². The molecule has 34 heavy (non-hydrogen) atoms. The van der Waals surface area contributed by atoms with Gasteiger partial charge in [-0.3, -0.25) is 4.99 Å². The van der Waals surface area contributed by atoms with Crippen molar-refractivity contribution in [1.82, 2.24) is 19.5 Å². The molecule has 2 N–H and O–H groups in total. The molecule has 4 rings (SSSR count). The van der Waals surface area contributed by atoms with Gasteiger partial charge in [0.1, 0.15) is 39.7 Å². The first kappa shape index (κ1) is 23.2. The number of aliphatic imine (C=N–C) groups is 1. The predicted octanol–water partition coefficient (Wildman–Crippen LogP) is 3.18. The first-order valence-corrected chi connectivity index (χ1v) is 11.7. The molecule has 174 valence electrons. The first-order valence-electron chi connectivity index (χ1n) is 10.9. The minimum atomic E-state index is -0.322. The van der Waals surface area contributed by atoms with E-state index in [9.17, 15) is 5.26 Å². The highest BCUT2D eigenvalue weighted by molar-refractivity contribution is 7.11. The first-order chi connectivity index (χ1) is 16.4. The summed E-state index contributed by atoms with van der Waals surface area (Å²) in [6.07, 6.45) is 8.55. The highest BCUT2D eigenvalue weighted by atomic mass is 32.1. The maximum atomic E-state index is 9.58. The molecule has 11 heteroatoms. The second kappa shape index (κ2) is 9.89. The lowest BCUT2D eigenvalue weighted by atomic mass is 10.0. The van der Waals surface area contributed by atoms with E-state index in [2.05, 4.69) is 27.4 Å². The summed E-state index contributed by atoms with van der Waals surface area (Å²) < 4.78 is 7.89. The molecule has 0 radical (unpaired) electrons. The number of aryl methyl sites for hydroxylation is 1. The molecule has 1 aliphatic heterocycles. The summed E-state index contributed by atoms with van der Waals surface area (Å²) in [7, 11) is 0. The summed E-state index contributed by atoms with van der Waals surface area (Å²) in [5.74, 6) is 6.29. The van der Waals surface area contributed by atoms with Gasteiger partial charge in [-0.1, -0.05) is 0 Å². The van der Waals surface area contributed by atoms with Crippen LogP contribution in [0.3, 0.4) is 0 Å². The van der Waals surface area contributed by atoms with Crippen LogP contribution < -0.4 is 10.6 Å². The number of fused-ring (bicyclic) bond motifs is 1. The minimum absolute atomic E-state index is 0.101. The zero-order chi connectivity index (χ0) is 24.2. The SMILES string of the molecule is CC(=NC1CCN(C#N)CC1)/C(=N\N)c1cc(OC(C)c2ncc(C)s2)c2c(C#N)cnn2c1. The van der Waals surface area contributed by atoms with Crippen molar-refractivity contribution in [2.45, 2.75) is 45.8 Å². The average molecular weight is 476 g/mol. The summed E-state index contributed by atoms with van der Waals surface area (Å²) in [5, 5.41) is 27.8. The molecule has 1 unspecified atom stereocenters. The van der Waals surface area contributed by atoms with Gasteiger partial charge < -0.3 is 15.5 Å². The maximum Gasteiger partial charge on any atom is 0.179 e. The van der Waals surface area contributed by atoms with Gasteiger partial charge in [-0.2, -0.15) is 20.7 Å². The number of aromatic nitrogens is 3. The van der Waals surface area contributed by atoms with Crippen LogP contribution in [0.5, 0.6) is 5.75 Å². The number of rotatable bonds is 6. The van der Waals surface area contributed by atoms with Crippen LogP contribution in [0.15, 0.2) is 34.8 Å². The normalized spacial score (nSPS) is 16.3. The molecule has 0 aliphatic carbocycles. The van der Waals surface area contributed by atoms with Crippen LogP contribution in [-0.4, -0.2) is 50.1 Å². The Hall–Kier alpha value is -3.96. The summed E-state index contributed by atoms with van der Waals surface area (Å²) in [6.45, 7) is 7.17. The van der Waals surface area contributed by atoms with E-state index in [1.807, 2.05) is 33.0 Å². The van der Waals surface area contributed by atoms with Gasteiger partial charge in [0, 0.05) is 35.9 Å². The third-order valence-electron chi connectivity index (χ3n) is 5.72. The monoisotopic (exact) mass is 475 g/mol. The minimum Gasteiger partial charge on any atom is -0.481 e. The van der Waals surface area contributed by atoms with Gasteiger partial charge in [0.05, 0.1) is 18.0 Å². The zero-order valence-corrected chi connectivity index (χ0v) is 20.1. The molecule has 4 heterocycles. The number of nitrogens with two attached hydrogens (primary N) is 1. The van der Waals surface area contributed by atoms with Crippen LogP contribution in [0.1, 0.15) is 53.8 Å². The van der Waals surface area contributed by atoms with Crippen molar-refractivity contribution in [2.24, 2.45) is 15.9 Å². The Balaban J connectivity index is 1.68. The van der Waals surface area contributed by atoms with Crippen LogP contribution in [0.4, 0.5) is 0 Å². The smallest absolute Gasteiger partial charge is 0.179 e. The molecule has 0 saturated carbocycles. The van der Waals surface area contributed by atoms with E-state index in [0.717, 1.165) is 22.7 Å². The Bertz CT molecular complexity index is 1330. The Morgan fingerprint density at radius 3 is 2.71 bits per heavy atom. The standard InChI is InChI=1S/C23H25N9OS/c1-14-10-27-23(34-14)16(3)33-20-8-17(12-32-22(20)18(9-24)11-28-32)21(30-26)15(2)29-19-4-6-31(13-25)7-5-19/h8,10-12,16,19H,4-7,26H2,1-3H3/b29-15?,30-21+. The maximum absolute atomic E-state index is 9.58. The highest BCUT2D eigenvalue weighted by Crippen LogP contribution is 2.31. The number of ether oxygens (including phenoxy) is 1. The molecule has 3 aromatic rings. The molecule has 1 aliphatic rings. The van der Waals surface area contributed by atoms with Gasteiger partial charge in [-0.15, -0.1) is 11.3 Å². The Labute approximate surface area is 201 Å². The predicted molar refractivity (Wildman–Crippen MR) is 130 cm³/mol. The van der Waals surface area contributed by atoms with E-state index in [0.29, 0.717) is 46.9 Å². The molecule has 1 atom stereocenters. The molecule has 0 amide bonds. The number of piperidine rings is 1. The highest BCUT2D eigenvalue weighted by Gasteiger charge is 2.22. The topological polar surface area (TPSA) is 141 Å². The van der Waals surface area contributed by atoms with Gasteiger partial charge >= 0.3 is 0 Å². The van der Waals surface area contributed by atoms with Crippen molar-refractivity contribution < 1.29 is 4.74 Å². The van der Waals surface area contributed by atoms with E-state index < -0.39 is 0 Å². The third-order valence-corrected chi connectivity index (χ3v) is 6.79. The van der Waals surface area contributed by atoms with Gasteiger partial charge in [0.25, 0.3) is 0 Å². The molecule has 1 saturated heterocycles. The van der Waals surface area contributed by atoms with Crippen LogP contribution in [-0.2, 0) is 0 Å². The second-order valence-electron chi connectivity index (χ2n) is 8.14. The molecular formula is C23H25N9OS. The van der Waals surface area contributed by atoms with Crippen molar-refractivity contribution in [3.63, 3.8) is 0 Å². The second-order valence-corrected chi connectivity index (χ2v) is 9.40. The summed E-state index contributed by atoms with van der Waals surface area (Å²) in [6, 6.07) is 4.09. The van der Waals surface area contributed by atoms with Crippen molar-refractivity contribution in [3.05, 3.63) is 45.7 Å². The number of likely N-dealkylation sites (tertiary alicyclic amines) is 1. The van der Waals surface area contributed by atoms with Gasteiger partial charge in [0.2, 0.25) is 0 Å². The number of nitrogens with zero attached hydrogens (tertiary/aromatic N) is 8. The summed E-state index contributed by atoms with van der Waals surface area (Å²) in [5.41, 5.74) is 2.86. The van der Waals surface area contributed by atoms with E-state index in [1.54, 1.807) is 26.9 Å². The molecule has 1 fully saturated rings. The van der Waals surface area contributed by atoms with Gasteiger partial charge in [-0.25, -0.2) is 9.50 Å². The van der Waals surface area contributed by atoms with Crippen molar-refractivity contribution in [3.8, 4) is 18.0 Å². The fourth-order valence-corrected chi connectivity index (χ4v) is 4.75. The number of thiazole rings is 1. The molecule has 0 aromatic carbocycles. The fraction of sp³-hybridized carbons (Fsp3) is 0.391. The van der Waals surface area contributed by atoms with Crippen LogP contribution in [0, 0.1) is 29.7 Å². The Kier molecular flexibility index (Phi) is 6.75. The Morgan fingerprint density at radius 2 is 2.09 bits per heavy atom. The van der Waals surface area contributed by atoms with E-state index in [1.165, 1.54) is 6.20 Å². The van der Waals surface area contributed by atoms with E-state index >= 15 is 0 Å². The third kappa shape index (κ3) is 4.70. The molecule has 0 spiro atoms. The molecular weight excluding hydrogens is 450 g/mol. The summed E-state index contributed by atoms with van der Waals surface area (Å²) >= 11 is 1.56. The molecule has 0 bridgehead atoms. The lowest BCUT2D eigenvalue weighted by molar-refractivity contribution is 0.228. The van der Waals surface area contributed by atoms with Gasteiger partial charge in [0.15, 0.2) is 6.19 Å². The molecule has 3 aromatic heterocycles. The number of hydrazone groups is 1. The number of hydrogen-bond acceptors (Lipinski definition) is 10.